The van der Waals surface area contributed by atoms with Crippen LogP contribution in [-0.4, -0.2) is 42.9 Å². The summed E-state index contributed by atoms with van der Waals surface area (Å²) in [7, 11) is 0. The second-order valence-corrected chi connectivity index (χ2v) is 7.53. The molecular weight excluding hydrogens is 372 g/mol. The molecule has 2 heterocycles. The van der Waals surface area contributed by atoms with Crippen LogP contribution in [0.2, 0.25) is 0 Å². The molecule has 3 rings (SSSR count). The number of hydrogen-bond donors (Lipinski definition) is 2. The number of carbonyl (C=O) groups excluding carboxylic acids is 3. The highest BCUT2D eigenvalue weighted by molar-refractivity contribution is 5.99. The van der Waals surface area contributed by atoms with Crippen molar-refractivity contribution >= 4 is 28.6 Å². The molecule has 29 heavy (non-hydrogen) atoms. The third-order valence-corrected chi connectivity index (χ3v) is 4.62. The molecule has 0 spiro atoms. The lowest BCUT2D eigenvalue weighted by Gasteiger charge is -2.23. The lowest BCUT2D eigenvalue weighted by molar-refractivity contribution is -0.130. The number of nitrogens with one attached hydrogen (secondary N) is 2. The van der Waals surface area contributed by atoms with Gasteiger partial charge in [-0.3, -0.25) is 14.4 Å². The van der Waals surface area contributed by atoms with Crippen LogP contribution in [0.4, 0.5) is 0 Å². The van der Waals surface area contributed by atoms with Gasteiger partial charge in [0, 0.05) is 5.39 Å². The lowest BCUT2D eigenvalue weighted by atomic mass is 10.0. The molecule has 0 saturated carbocycles. The second-order valence-electron chi connectivity index (χ2n) is 7.53. The van der Waals surface area contributed by atoms with Crippen LogP contribution >= 0.6 is 0 Å². The van der Waals surface area contributed by atoms with E-state index in [-0.39, 0.29) is 24.1 Å². The summed E-state index contributed by atoms with van der Waals surface area (Å²) in [5, 5.41) is 6.28. The average molecular weight is 398 g/mol. The Hall–Kier alpha value is -2.93. The van der Waals surface area contributed by atoms with Crippen molar-refractivity contribution in [1.29, 1.82) is 0 Å². The van der Waals surface area contributed by atoms with Gasteiger partial charge in [0.1, 0.15) is 24.3 Å². The number of carbonyl (C=O) groups is 3. The number of rotatable bonds is 6. The summed E-state index contributed by atoms with van der Waals surface area (Å²) in [5.74, 6) is -0.797. The first kappa shape index (κ1) is 20.8. The van der Waals surface area contributed by atoms with Gasteiger partial charge in [-0.05, 0) is 30.9 Å². The Labute approximate surface area is 169 Å². The number of benzene rings is 1. The Morgan fingerprint density at radius 2 is 2.03 bits per heavy atom. The molecule has 0 radical (unpaired) electrons. The predicted octanol–water partition coefficient (Wildman–Crippen LogP) is 2.61. The Balaban J connectivity index is 1.72. The number of para-hydroxylation sites is 1. The van der Waals surface area contributed by atoms with E-state index >= 15 is 0 Å². The summed E-state index contributed by atoms with van der Waals surface area (Å²) in [5.41, 5.74) is 0.604. The zero-order chi connectivity index (χ0) is 20.8. The summed E-state index contributed by atoms with van der Waals surface area (Å²) in [6, 6.07) is 7.40. The van der Waals surface area contributed by atoms with Gasteiger partial charge in [-0.1, -0.05) is 44.2 Å². The lowest BCUT2D eigenvalue weighted by Crippen LogP contribution is -2.52. The van der Waals surface area contributed by atoms with Crippen LogP contribution < -0.4 is 10.6 Å². The van der Waals surface area contributed by atoms with Crippen molar-refractivity contribution in [3.63, 3.8) is 0 Å². The maximum absolute atomic E-state index is 12.8. The van der Waals surface area contributed by atoms with E-state index in [0.717, 1.165) is 5.39 Å². The maximum atomic E-state index is 12.8. The standard InChI is InChI=1S/C22H26N2O5/c1-14(2)11-17(21(26)23-16-8-5-6-10-28-13-18(16)25)24-22(27)20-12-15-7-3-4-9-19(15)29-20/h3-5,7-9,12,14,16-17H,6,10-11,13H2,1-2H3,(H,23,26)(H,24,27)/b8-5-. The molecule has 2 atom stereocenters. The monoisotopic (exact) mass is 398 g/mol. The largest absolute Gasteiger partial charge is 0.451 e. The highest BCUT2D eigenvalue weighted by atomic mass is 16.5. The van der Waals surface area contributed by atoms with Gasteiger partial charge in [-0.2, -0.15) is 0 Å². The van der Waals surface area contributed by atoms with Crippen molar-refractivity contribution in [3.05, 3.63) is 48.2 Å². The van der Waals surface area contributed by atoms with Gasteiger partial charge in [0.2, 0.25) is 5.91 Å². The zero-order valence-electron chi connectivity index (χ0n) is 16.6. The fourth-order valence-electron chi connectivity index (χ4n) is 3.16. The first-order valence-corrected chi connectivity index (χ1v) is 9.81. The molecule has 2 N–H and O–H groups in total. The average Bonchev–Trinajstić information content (AvgIpc) is 3.11. The van der Waals surface area contributed by atoms with Crippen LogP contribution in [0.5, 0.6) is 0 Å². The number of furan rings is 1. The Kier molecular flexibility index (Phi) is 6.82. The SMILES string of the molecule is CC(C)CC(NC(=O)c1cc2ccccc2o1)C(=O)NC1/C=C\CCOCC1=O. The van der Waals surface area contributed by atoms with E-state index in [0.29, 0.717) is 25.0 Å². The molecule has 7 nitrogen and oxygen atoms in total. The summed E-state index contributed by atoms with van der Waals surface area (Å²) >= 11 is 0. The first-order chi connectivity index (χ1) is 13.9. The number of amides is 2. The van der Waals surface area contributed by atoms with Crippen LogP contribution in [-0.2, 0) is 14.3 Å². The molecule has 7 heteroatoms. The number of hydrogen-bond acceptors (Lipinski definition) is 5. The smallest absolute Gasteiger partial charge is 0.287 e. The molecule has 2 unspecified atom stereocenters. The Morgan fingerprint density at radius 3 is 2.79 bits per heavy atom. The van der Waals surface area contributed by atoms with Crippen LogP contribution in [0.15, 0.2) is 46.9 Å². The predicted molar refractivity (Wildman–Crippen MR) is 108 cm³/mol. The molecular formula is C22H26N2O5. The van der Waals surface area contributed by atoms with Crippen molar-refractivity contribution in [2.45, 2.75) is 38.8 Å². The number of fused-ring (bicyclic) bond motifs is 1. The van der Waals surface area contributed by atoms with E-state index in [4.69, 9.17) is 9.15 Å². The quantitative estimate of drug-likeness (QED) is 0.729. The summed E-state index contributed by atoms with van der Waals surface area (Å²) in [6.45, 7) is 4.35. The molecule has 0 fully saturated rings. The van der Waals surface area contributed by atoms with Gasteiger partial charge in [-0.15, -0.1) is 0 Å². The molecule has 0 aliphatic carbocycles. The van der Waals surface area contributed by atoms with Crippen molar-refractivity contribution in [1.82, 2.24) is 10.6 Å². The summed E-state index contributed by atoms with van der Waals surface area (Å²) in [6.07, 6.45) is 4.60. The zero-order valence-corrected chi connectivity index (χ0v) is 16.6. The van der Waals surface area contributed by atoms with Crippen LogP contribution in [0, 0.1) is 5.92 Å². The Morgan fingerprint density at radius 1 is 1.24 bits per heavy atom. The van der Waals surface area contributed by atoms with Crippen molar-refractivity contribution in [2.24, 2.45) is 5.92 Å². The van der Waals surface area contributed by atoms with E-state index in [9.17, 15) is 14.4 Å². The maximum Gasteiger partial charge on any atom is 0.287 e. The minimum Gasteiger partial charge on any atom is -0.451 e. The van der Waals surface area contributed by atoms with Crippen molar-refractivity contribution in [2.75, 3.05) is 13.2 Å². The molecule has 1 aliphatic rings. The Bertz CT molecular complexity index is 882. The van der Waals surface area contributed by atoms with E-state index in [1.54, 1.807) is 18.2 Å². The molecule has 1 aliphatic heterocycles. The second kappa shape index (κ2) is 9.52. The summed E-state index contributed by atoms with van der Waals surface area (Å²) < 4.78 is 10.8. The van der Waals surface area contributed by atoms with Gasteiger partial charge in [0.05, 0.1) is 6.61 Å². The number of Topliss-reactive ketones (excluding diaryl/α,β-unsaturated/α-hetero) is 1. The van der Waals surface area contributed by atoms with E-state index in [1.165, 1.54) is 0 Å². The molecule has 2 amide bonds. The third kappa shape index (κ3) is 5.54. The first-order valence-electron chi connectivity index (χ1n) is 9.81. The fraction of sp³-hybridized carbons (Fsp3) is 0.409. The molecule has 0 bridgehead atoms. The minimum atomic E-state index is -0.789. The van der Waals surface area contributed by atoms with Gasteiger partial charge >= 0.3 is 0 Å². The number of ether oxygens (including phenoxy) is 1. The fourth-order valence-corrected chi connectivity index (χ4v) is 3.16. The van der Waals surface area contributed by atoms with Gasteiger partial charge in [0.25, 0.3) is 5.91 Å². The highest BCUT2D eigenvalue weighted by Crippen LogP contribution is 2.19. The highest BCUT2D eigenvalue weighted by Gasteiger charge is 2.27. The van der Waals surface area contributed by atoms with E-state index in [1.807, 2.05) is 38.1 Å². The minimum absolute atomic E-state index is 0.0462. The molecule has 1 aromatic heterocycles. The van der Waals surface area contributed by atoms with Crippen LogP contribution in [0.1, 0.15) is 37.2 Å². The van der Waals surface area contributed by atoms with Gasteiger partial charge in [-0.25, -0.2) is 0 Å². The third-order valence-electron chi connectivity index (χ3n) is 4.62. The van der Waals surface area contributed by atoms with E-state index in [2.05, 4.69) is 10.6 Å². The van der Waals surface area contributed by atoms with Crippen LogP contribution in [0.25, 0.3) is 11.0 Å². The number of ketones is 1. The molecule has 1 aromatic carbocycles. The molecule has 154 valence electrons. The van der Waals surface area contributed by atoms with E-state index < -0.39 is 23.9 Å². The van der Waals surface area contributed by atoms with Crippen molar-refractivity contribution in [3.8, 4) is 0 Å². The van der Waals surface area contributed by atoms with Crippen LogP contribution in [0.3, 0.4) is 0 Å². The summed E-state index contributed by atoms with van der Waals surface area (Å²) in [4.78, 5) is 37.7. The van der Waals surface area contributed by atoms with Crippen molar-refractivity contribution < 1.29 is 23.5 Å². The normalized spacial score (nSPS) is 19.4. The van der Waals surface area contributed by atoms with Gasteiger partial charge in [0.15, 0.2) is 11.5 Å². The topological polar surface area (TPSA) is 97.6 Å². The molecule has 2 aromatic rings. The van der Waals surface area contributed by atoms with Gasteiger partial charge < -0.3 is 19.8 Å². The molecule has 0 saturated heterocycles.